The van der Waals surface area contributed by atoms with Gasteiger partial charge >= 0.3 is 6.03 Å². The molecule has 0 radical (unpaired) electrons. The molecule has 10 heteroatoms. The Labute approximate surface area is 207 Å². The Morgan fingerprint density at radius 2 is 1.88 bits per heavy atom. The van der Waals surface area contributed by atoms with Crippen molar-refractivity contribution < 1.29 is 19.1 Å². The van der Waals surface area contributed by atoms with Gasteiger partial charge < -0.3 is 35.6 Å². The van der Waals surface area contributed by atoms with E-state index in [-0.39, 0.29) is 30.1 Å². The number of carbonyl (C=O) groups excluding carboxylic acids is 2. The lowest BCUT2D eigenvalue weighted by molar-refractivity contribution is -0.000640. The van der Waals surface area contributed by atoms with Crippen molar-refractivity contribution in [2.75, 3.05) is 52.7 Å². The van der Waals surface area contributed by atoms with Gasteiger partial charge in [-0.3, -0.25) is 4.79 Å². The van der Waals surface area contributed by atoms with Crippen molar-refractivity contribution in [2.45, 2.75) is 51.3 Å². The molecule has 34 heavy (non-hydrogen) atoms. The number of nitrogens with one attached hydrogen (secondary N) is 2. The fraction of sp³-hybridized carbons (Fsp3) is 0.667. The van der Waals surface area contributed by atoms with Crippen LogP contribution in [0.3, 0.4) is 0 Å². The molecule has 0 saturated carbocycles. The molecule has 3 rings (SSSR count). The van der Waals surface area contributed by atoms with Gasteiger partial charge in [0.25, 0.3) is 5.91 Å². The minimum atomic E-state index is -0.258. The molecule has 1 aromatic rings. The number of nitrogen functional groups attached to an aromatic ring is 1. The van der Waals surface area contributed by atoms with Gasteiger partial charge in [0.2, 0.25) is 0 Å². The van der Waals surface area contributed by atoms with E-state index in [2.05, 4.69) is 15.5 Å². The van der Waals surface area contributed by atoms with Crippen molar-refractivity contribution in [1.82, 2.24) is 20.4 Å². The van der Waals surface area contributed by atoms with Crippen LogP contribution in [0.1, 0.15) is 43.5 Å². The highest BCUT2D eigenvalue weighted by Gasteiger charge is 2.33. The Bertz CT molecular complexity index is 860. The molecular weight excluding hydrogens is 458 g/mol. The van der Waals surface area contributed by atoms with Gasteiger partial charge in [0, 0.05) is 51.9 Å². The first-order valence-electron chi connectivity index (χ1n) is 12.0. The summed E-state index contributed by atoms with van der Waals surface area (Å²) < 4.78 is 11.1. The Morgan fingerprint density at radius 3 is 2.50 bits per heavy atom. The number of urea groups is 1. The van der Waals surface area contributed by atoms with Crippen molar-refractivity contribution in [1.29, 1.82) is 0 Å². The summed E-state index contributed by atoms with van der Waals surface area (Å²) in [6.45, 7) is 8.12. The van der Waals surface area contributed by atoms with Gasteiger partial charge in [0.05, 0.1) is 35.5 Å². The average molecular weight is 496 g/mol. The fourth-order valence-corrected chi connectivity index (χ4v) is 4.90. The number of hydrogen-bond donors (Lipinski definition) is 3. The number of ether oxygens (including phenoxy) is 2. The summed E-state index contributed by atoms with van der Waals surface area (Å²) >= 11 is 6.13. The van der Waals surface area contributed by atoms with Crippen LogP contribution in [0.15, 0.2) is 12.1 Å². The molecule has 2 heterocycles. The maximum Gasteiger partial charge on any atom is 0.317 e. The molecule has 2 saturated heterocycles. The van der Waals surface area contributed by atoms with E-state index < -0.39 is 0 Å². The Kier molecular flexibility index (Phi) is 9.27. The van der Waals surface area contributed by atoms with Gasteiger partial charge in [-0.1, -0.05) is 11.6 Å². The molecule has 3 amide bonds. The quantitative estimate of drug-likeness (QED) is 0.502. The summed E-state index contributed by atoms with van der Waals surface area (Å²) in [5.41, 5.74) is 6.55. The molecule has 190 valence electrons. The van der Waals surface area contributed by atoms with Crippen molar-refractivity contribution in [3.8, 4) is 5.75 Å². The third-order valence-corrected chi connectivity index (χ3v) is 6.98. The Balaban J connectivity index is 1.51. The molecule has 1 aromatic carbocycles. The second-order valence-corrected chi connectivity index (χ2v) is 9.92. The highest BCUT2D eigenvalue weighted by Crippen LogP contribution is 2.29. The van der Waals surface area contributed by atoms with Gasteiger partial charge in [0.1, 0.15) is 5.75 Å². The number of benzene rings is 1. The normalized spacial score (nSPS) is 22.0. The summed E-state index contributed by atoms with van der Waals surface area (Å²) in [6.07, 6.45) is 2.66. The number of nitrogens with two attached hydrogens (primary N) is 1. The number of anilines is 1. The van der Waals surface area contributed by atoms with Crippen LogP contribution in [-0.4, -0.2) is 86.9 Å². The highest BCUT2D eigenvalue weighted by molar-refractivity contribution is 6.33. The Hall–Kier alpha value is -2.23. The lowest BCUT2D eigenvalue weighted by Crippen LogP contribution is -2.56. The number of nitrogens with zero attached hydrogens (tertiary/aromatic N) is 2. The maximum absolute atomic E-state index is 13.0. The van der Waals surface area contributed by atoms with Crippen molar-refractivity contribution in [3.63, 3.8) is 0 Å². The average Bonchev–Trinajstić information content (AvgIpc) is 2.81. The number of piperidine rings is 2. The van der Waals surface area contributed by atoms with E-state index in [1.165, 1.54) is 13.2 Å². The molecule has 2 aliphatic heterocycles. The highest BCUT2D eigenvalue weighted by atomic mass is 35.5. The van der Waals surface area contributed by atoms with Crippen LogP contribution in [0.2, 0.25) is 5.02 Å². The van der Waals surface area contributed by atoms with Crippen LogP contribution < -0.4 is 21.1 Å². The third kappa shape index (κ3) is 6.67. The predicted molar refractivity (Wildman–Crippen MR) is 133 cm³/mol. The number of rotatable bonds is 7. The molecule has 2 atom stereocenters. The van der Waals surface area contributed by atoms with E-state index in [1.54, 1.807) is 13.2 Å². The molecule has 0 spiro atoms. The second kappa shape index (κ2) is 12.0. The topological polar surface area (TPSA) is 109 Å². The number of halogens is 1. The molecule has 4 N–H and O–H groups in total. The first-order chi connectivity index (χ1) is 16.2. The first kappa shape index (κ1) is 26.4. The monoisotopic (exact) mass is 495 g/mol. The van der Waals surface area contributed by atoms with Crippen molar-refractivity contribution >= 4 is 29.2 Å². The van der Waals surface area contributed by atoms with Crippen LogP contribution >= 0.6 is 11.6 Å². The van der Waals surface area contributed by atoms with E-state index in [1.807, 2.05) is 18.7 Å². The lowest BCUT2D eigenvalue weighted by Gasteiger charge is -2.41. The first-order valence-corrected chi connectivity index (χ1v) is 12.3. The van der Waals surface area contributed by atoms with Gasteiger partial charge in [-0.05, 0) is 45.1 Å². The number of hydrogen-bond acceptors (Lipinski definition) is 6. The lowest BCUT2D eigenvalue weighted by atomic mass is 9.94. The maximum atomic E-state index is 13.0. The summed E-state index contributed by atoms with van der Waals surface area (Å²) in [5.74, 6) is 0.679. The van der Waals surface area contributed by atoms with Gasteiger partial charge in [-0.25, -0.2) is 4.79 Å². The van der Waals surface area contributed by atoms with Crippen LogP contribution in [-0.2, 0) is 4.74 Å². The van der Waals surface area contributed by atoms with Crippen LogP contribution in [0.5, 0.6) is 5.75 Å². The molecule has 2 fully saturated rings. The zero-order valence-electron chi connectivity index (χ0n) is 20.6. The second-order valence-electron chi connectivity index (χ2n) is 9.51. The fourth-order valence-electron chi connectivity index (χ4n) is 4.73. The van der Waals surface area contributed by atoms with Gasteiger partial charge in [-0.2, -0.15) is 0 Å². The minimum absolute atomic E-state index is 0.0310. The number of amides is 3. The summed E-state index contributed by atoms with van der Waals surface area (Å²) in [5, 5.41) is 6.38. The van der Waals surface area contributed by atoms with E-state index in [0.29, 0.717) is 27.9 Å². The molecule has 9 nitrogen and oxygen atoms in total. The largest absolute Gasteiger partial charge is 0.496 e. The number of methoxy groups -OCH3 is 2. The molecule has 0 aromatic heterocycles. The zero-order chi connectivity index (χ0) is 24.8. The zero-order valence-corrected chi connectivity index (χ0v) is 21.4. The SMILES string of the molecule is COc1cc(N)c(Cl)cc1C(=O)N[C@@H]1CCN(CC2CCN(C(=O)NC(C)C)CC2)C[C@@H]1OC. The molecule has 2 aliphatic rings. The minimum Gasteiger partial charge on any atom is -0.496 e. The molecule has 0 bridgehead atoms. The van der Waals surface area contributed by atoms with E-state index in [4.69, 9.17) is 26.8 Å². The van der Waals surface area contributed by atoms with Crippen molar-refractivity contribution in [2.24, 2.45) is 5.92 Å². The molecule has 0 aliphatic carbocycles. The van der Waals surface area contributed by atoms with Crippen LogP contribution in [0, 0.1) is 5.92 Å². The number of carbonyl (C=O) groups is 2. The van der Waals surface area contributed by atoms with Crippen molar-refractivity contribution in [3.05, 3.63) is 22.7 Å². The summed E-state index contributed by atoms with van der Waals surface area (Å²) in [6, 6.07) is 3.16. The summed E-state index contributed by atoms with van der Waals surface area (Å²) in [7, 11) is 3.18. The van der Waals surface area contributed by atoms with E-state index in [0.717, 1.165) is 52.0 Å². The predicted octanol–water partition coefficient (Wildman–Crippen LogP) is 2.58. The van der Waals surface area contributed by atoms with E-state index >= 15 is 0 Å². The standard InChI is InChI=1S/C24H38ClN5O4/c1-15(2)27-24(32)30-9-5-16(6-10-30)13-29-8-7-20(22(14-29)34-4)28-23(31)17-11-18(25)19(26)12-21(17)33-3/h11-12,15-16,20,22H,5-10,13-14,26H2,1-4H3,(H,27,32)(H,28,31)/t20-,22+/m1/s1. The number of likely N-dealkylation sites (tertiary alicyclic amines) is 2. The van der Waals surface area contributed by atoms with E-state index in [9.17, 15) is 9.59 Å². The third-order valence-electron chi connectivity index (χ3n) is 6.66. The molecule has 0 unspecified atom stereocenters. The summed E-state index contributed by atoms with van der Waals surface area (Å²) in [4.78, 5) is 29.5. The van der Waals surface area contributed by atoms with Gasteiger partial charge in [-0.15, -0.1) is 0 Å². The van der Waals surface area contributed by atoms with Crippen LogP contribution in [0.4, 0.5) is 10.5 Å². The Morgan fingerprint density at radius 1 is 1.18 bits per heavy atom. The smallest absolute Gasteiger partial charge is 0.317 e. The van der Waals surface area contributed by atoms with Crippen LogP contribution in [0.25, 0.3) is 0 Å². The molecular formula is C24H38ClN5O4. The van der Waals surface area contributed by atoms with Gasteiger partial charge in [0.15, 0.2) is 0 Å².